The highest BCUT2D eigenvalue weighted by atomic mass is 35.5. The molecule has 2 heterocycles. The molecule has 2 aromatic rings. The summed E-state index contributed by atoms with van der Waals surface area (Å²) in [5.41, 5.74) is 1.75. The predicted molar refractivity (Wildman–Crippen MR) is 109 cm³/mol. The van der Waals surface area contributed by atoms with E-state index < -0.39 is 0 Å². The highest BCUT2D eigenvalue weighted by Crippen LogP contribution is 2.22. The highest BCUT2D eigenvalue weighted by molar-refractivity contribution is 7.13. The molecule has 0 bridgehead atoms. The summed E-state index contributed by atoms with van der Waals surface area (Å²) in [6, 6.07) is 7.05. The monoisotopic (exact) mass is 419 g/mol. The van der Waals surface area contributed by atoms with E-state index in [-0.39, 0.29) is 42.6 Å². The maximum atomic E-state index is 13.0. The van der Waals surface area contributed by atoms with Crippen LogP contribution in [0.15, 0.2) is 24.3 Å². The molecule has 1 aromatic heterocycles. The van der Waals surface area contributed by atoms with E-state index >= 15 is 0 Å². The lowest BCUT2D eigenvalue weighted by Gasteiger charge is -2.28. The van der Waals surface area contributed by atoms with Crippen LogP contribution >= 0.6 is 36.2 Å². The van der Waals surface area contributed by atoms with Crippen molar-refractivity contribution in [1.82, 2.24) is 15.6 Å². The molecule has 0 spiro atoms. The van der Waals surface area contributed by atoms with Gasteiger partial charge < -0.3 is 10.6 Å². The first-order chi connectivity index (χ1) is 11.5. The lowest BCUT2D eigenvalue weighted by molar-refractivity contribution is 0.0929. The molecule has 3 rings (SSSR count). The molecule has 0 saturated carbocycles. The van der Waals surface area contributed by atoms with E-state index in [2.05, 4.69) is 22.5 Å². The minimum absolute atomic E-state index is 0. The molecule has 8 heteroatoms. The number of benzene rings is 1. The van der Waals surface area contributed by atoms with Gasteiger partial charge in [0.25, 0.3) is 5.91 Å². The summed E-state index contributed by atoms with van der Waals surface area (Å²) in [5.74, 6) is -0.278. The SMILES string of the molecule is Cc1nc(Cc2ccc(F)cc2)sc1C(=O)NC1CCNC(C)C1.Cl.Cl. The molecule has 2 N–H and O–H groups in total. The van der Waals surface area contributed by atoms with Gasteiger partial charge in [-0.1, -0.05) is 12.1 Å². The lowest BCUT2D eigenvalue weighted by Crippen LogP contribution is -2.46. The number of aryl methyl sites for hydroxylation is 1. The van der Waals surface area contributed by atoms with Crippen LogP contribution in [0.25, 0.3) is 0 Å². The Morgan fingerprint density at radius 3 is 2.69 bits per heavy atom. The molecular formula is C18H24Cl2FN3OS. The van der Waals surface area contributed by atoms with Crippen molar-refractivity contribution in [3.63, 3.8) is 0 Å². The molecule has 0 aliphatic carbocycles. The van der Waals surface area contributed by atoms with E-state index in [0.29, 0.717) is 17.3 Å². The van der Waals surface area contributed by atoms with Crippen LogP contribution in [-0.2, 0) is 6.42 Å². The quantitative estimate of drug-likeness (QED) is 0.789. The van der Waals surface area contributed by atoms with Gasteiger partial charge in [0.2, 0.25) is 0 Å². The van der Waals surface area contributed by atoms with Crippen LogP contribution in [0.2, 0.25) is 0 Å². The molecule has 1 amide bonds. The number of piperidine rings is 1. The van der Waals surface area contributed by atoms with Gasteiger partial charge in [-0.3, -0.25) is 4.79 Å². The van der Waals surface area contributed by atoms with Gasteiger partial charge in [-0.15, -0.1) is 36.2 Å². The lowest BCUT2D eigenvalue weighted by atomic mass is 10.0. The van der Waals surface area contributed by atoms with Crippen molar-refractivity contribution in [1.29, 1.82) is 0 Å². The highest BCUT2D eigenvalue weighted by Gasteiger charge is 2.22. The number of thiazole rings is 1. The van der Waals surface area contributed by atoms with Gasteiger partial charge in [0.1, 0.15) is 10.7 Å². The Kier molecular flexibility index (Phi) is 8.96. The number of aromatic nitrogens is 1. The fourth-order valence-corrected chi connectivity index (χ4v) is 4.03. The molecule has 26 heavy (non-hydrogen) atoms. The summed E-state index contributed by atoms with van der Waals surface area (Å²) in [6.07, 6.45) is 2.52. The van der Waals surface area contributed by atoms with E-state index in [0.717, 1.165) is 35.7 Å². The standard InChI is InChI=1S/C18H22FN3OS.2ClH/c1-11-9-15(7-8-20-11)22-18(23)17-12(2)21-16(24-17)10-13-3-5-14(19)6-4-13;;/h3-6,11,15,20H,7-10H2,1-2H3,(H,22,23);2*1H. The molecule has 2 atom stereocenters. The minimum Gasteiger partial charge on any atom is -0.348 e. The molecule has 1 aromatic carbocycles. The fourth-order valence-electron chi connectivity index (χ4n) is 3.03. The van der Waals surface area contributed by atoms with Gasteiger partial charge in [-0.2, -0.15) is 0 Å². The third-order valence-electron chi connectivity index (χ3n) is 4.27. The van der Waals surface area contributed by atoms with E-state index in [9.17, 15) is 9.18 Å². The van der Waals surface area contributed by atoms with Crippen LogP contribution < -0.4 is 10.6 Å². The van der Waals surface area contributed by atoms with E-state index in [4.69, 9.17) is 0 Å². The van der Waals surface area contributed by atoms with Crippen LogP contribution in [-0.4, -0.2) is 29.5 Å². The third kappa shape index (κ3) is 5.91. The summed E-state index contributed by atoms with van der Waals surface area (Å²) in [5, 5.41) is 7.39. The molecule has 1 aliphatic heterocycles. The van der Waals surface area contributed by atoms with Crippen molar-refractivity contribution in [3.05, 3.63) is 51.2 Å². The molecule has 2 unspecified atom stereocenters. The topological polar surface area (TPSA) is 54.0 Å². The summed E-state index contributed by atoms with van der Waals surface area (Å²) in [6.45, 7) is 4.94. The molecule has 0 radical (unpaired) electrons. The second kappa shape index (κ2) is 10.2. The van der Waals surface area contributed by atoms with Crippen molar-refractivity contribution in [3.8, 4) is 0 Å². The summed E-state index contributed by atoms with van der Waals surface area (Å²) in [7, 11) is 0. The van der Waals surface area contributed by atoms with Crippen LogP contribution in [0.5, 0.6) is 0 Å². The first-order valence-electron chi connectivity index (χ1n) is 8.26. The van der Waals surface area contributed by atoms with Crippen LogP contribution in [0.4, 0.5) is 4.39 Å². The number of amides is 1. The van der Waals surface area contributed by atoms with Crippen LogP contribution in [0.3, 0.4) is 0 Å². The van der Waals surface area contributed by atoms with Gasteiger partial charge in [-0.25, -0.2) is 9.37 Å². The second-order valence-corrected chi connectivity index (χ2v) is 7.46. The Hall–Kier alpha value is -1.21. The van der Waals surface area contributed by atoms with E-state index in [1.165, 1.54) is 23.5 Å². The molecule has 4 nitrogen and oxygen atoms in total. The van der Waals surface area contributed by atoms with E-state index in [1.54, 1.807) is 12.1 Å². The van der Waals surface area contributed by atoms with E-state index in [1.807, 2.05) is 6.92 Å². The number of carbonyl (C=O) groups is 1. The Bertz CT molecular complexity index is 724. The van der Waals surface area contributed by atoms with Gasteiger partial charge in [-0.05, 0) is 50.9 Å². The molecule has 1 saturated heterocycles. The Morgan fingerprint density at radius 1 is 1.35 bits per heavy atom. The minimum atomic E-state index is -0.245. The van der Waals surface area contributed by atoms with Crippen molar-refractivity contribution in [2.75, 3.05) is 6.54 Å². The number of hydrogen-bond acceptors (Lipinski definition) is 4. The number of nitrogens with one attached hydrogen (secondary N) is 2. The maximum Gasteiger partial charge on any atom is 0.263 e. The third-order valence-corrected chi connectivity index (χ3v) is 5.43. The maximum absolute atomic E-state index is 13.0. The van der Waals surface area contributed by atoms with Crippen LogP contribution in [0.1, 0.15) is 45.7 Å². The van der Waals surface area contributed by atoms with Crippen molar-refractivity contribution in [2.45, 2.75) is 45.2 Å². The van der Waals surface area contributed by atoms with Gasteiger partial charge >= 0.3 is 0 Å². The number of carbonyl (C=O) groups excluding carboxylic acids is 1. The average Bonchev–Trinajstić information content (AvgIpc) is 2.90. The first kappa shape index (κ1) is 22.8. The largest absolute Gasteiger partial charge is 0.348 e. The Morgan fingerprint density at radius 2 is 2.04 bits per heavy atom. The zero-order valence-corrected chi connectivity index (χ0v) is 17.2. The normalized spacial score (nSPS) is 19.2. The summed E-state index contributed by atoms with van der Waals surface area (Å²) in [4.78, 5) is 17.7. The van der Waals surface area contributed by atoms with Crippen LogP contribution in [0, 0.1) is 12.7 Å². The smallest absolute Gasteiger partial charge is 0.263 e. The molecule has 1 fully saturated rings. The molecule has 144 valence electrons. The van der Waals surface area contributed by atoms with Crippen molar-refractivity contribution >= 4 is 42.1 Å². The Labute approximate surface area is 169 Å². The summed E-state index contributed by atoms with van der Waals surface area (Å²) < 4.78 is 13.0. The zero-order valence-electron chi connectivity index (χ0n) is 14.8. The van der Waals surface area contributed by atoms with Crippen molar-refractivity contribution < 1.29 is 9.18 Å². The number of nitrogens with zero attached hydrogens (tertiary/aromatic N) is 1. The Balaban J connectivity index is 0.00000169. The number of halogens is 3. The fraction of sp³-hybridized carbons (Fsp3) is 0.444. The molecular weight excluding hydrogens is 396 g/mol. The van der Waals surface area contributed by atoms with Gasteiger partial charge in [0.05, 0.1) is 10.7 Å². The number of rotatable bonds is 4. The zero-order chi connectivity index (χ0) is 17.1. The predicted octanol–water partition coefficient (Wildman–Crippen LogP) is 3.90. The second-order valence-electron chi connectivity index (χ2n) is 6.38. The summed E-state index contributed by atoms with van der Waals surface area (Å²) >= 11 is 1.42. The van der Waals surface area contributed by atoms with Gasteiger partial charge in [0.15, 0.2) is 0 Å². The average molecular weight is 420 g/mol. The molecule has 1 aliphatic rings. The first-order valence-corrected chi connectivity index (χ1v) is 9.08. The number of hydrogen-bond donors (Lipinski definition) is 2. The van der Waals surface area contributed by atoms with Gasteiger partial charge in [0, 0.05) is 18.5 Å². The van der Waals surface area contributed by atoms with Crippen molar-refractivity contribution in [2.24, 2.45) is 0 Å².